The van der Waals surface area contributed by atoms with Gasteiger partial charge in [0.05, 0.1) is 4.90 Å². The molecule has 3 nitrogen and oxygen atoms in total. The number of hydrogen-bond acceptors (Lipinski definition) is 2. The summed E-state index contributed by atoms with van der Waals surface area (Å²) in [5.74, 6) is 0. The van der Waals surface area contributed by atoms with Crippen LogP contribution in [0.3, 0.4) is 0 Å². The molecule has 1 N–H and O–H groups in total. The molecule has 0 bridgehead atoms. The van der Waals surface area contributed by atoms with Gasteiger partial charge in [-0.3, -0.25) is 0 Å². The second-order valence-electron chi connectivity index (χ2n) is 7.24. The third kappa shape index (κ3) is 4.76. The van der Waals surface area contributed by atoms with E-state index in [1.54, 1.807) is 38.1 Å². The van der Waals surface area contributed by atoms with E-state index < -0.39 is 16.1 Å². The van der Waals surface area contributed by atoms with Crippen molar-refractivity contribution in [3.05, 3.63) is 63.1 Å². The van der Waals surface area contributed by atoms with Gasteiger partial charge in [0.25, 0.3) is 0 Å². The first-order valence-electron chi connectivity index (χ1n) is 8.00. The van der Waals surface area contributed by atoms with Gasteiger partial charge >= 0.3 is 0 Å². The van der Waals surface area contributed by atoms with Gasteiger partial charge in [-0.1, -0.05) is 62.2 Å². The van der Waals surface area contributed by atoms with Gasteiger partial charge in [-0.2, -0.15) is 0 Å². The molecule has 136 valence electrons. The predicted octanol–water partition coefficient (Wildman–Crippen LogP) is 5.64. The predicted molar refractivity (Wildman–Crippen MR) is 105 cm³/mol. The first-order valence-corrected chi connectivity index (χ1v) is 10.2. The zero-order valence-corrected chi connectivity index (χ0v) is 17.4. The molecule has 0 amide bonds. The summed E-state index contributed by atoms with van der Waals surface area (Å²) in [7, 11) is -3.69. The third-order valence-electron chi connectivity index (χ3n) is 4.10. The van der Waals surface area contributed by atoms with E-state index in [1.165, 1.54) is 0 Å². The first-order chi connectivity index (χ1) is 11.4. The van der Waals surface area contributed by atoms with Gasteiger partial charge in [0.15, 0.2) is 0 Å². The van der Waals surface area contributed by atoms with Gasteiger partial charge in [-0.15, -0.1) is 0 Å². The summed E-state index contributed by atoms with van der Waals surface area (Å²) in [4.78, 5) is 0.289. The zero-order valence-electron chi connectivity index (χ0n) is 15.0. The van der Waals surface area contributed by atoms with Crippen LogP contribution in [0.4, 0.5) is 0 Å². The second kappa shape index (κ2) is 7.28. The molecule has 0 unspecified atom stereocenters. The molecule has 2 aromatic rings. The second-order valence-corrected chi connectivity index (χ2v) is 9.77. The molecular formula is C19H23Cl2NO2S. The molecule has 0 aliphatic carbocycles. The Hall–Kier alpha value is -1.07. The van der Waals surface area contributed by atoms with Crippen LogP contribution in [0.5, 0.6) is 0 Å². The molecule has 2 rings (SSSR count). The average molecular weight is 400 g/mol. The molecule has 0 heterocycles. The summed E-state index contributed by atoms with van der Waals surface area (Å²) in [6.07, 6.45) is 0. The van der Waals surface area contributed by atoms with E-state index >= 15 is 0 Å². The first kappa shape index (κ1) is 20.2. The maximum atomic E-state index is 12.9. The number of benzene rings is 2. The van der Waals surface area contributed by atoms with Gasteiger partial charge < -0.3 is 0 Å². The van der Waals surface area contributed by atoms with Crippen molar-refractivity contribution in [1.82, 2.24) is 4.72 Å². The van der Waals surface area contributed by atoms with Crippen molar-refractivity contribution in [3.8, 4) is 0 Å². The molecule has 0 spiro atoms. The van der Waals surface area contributed by atoms with Crippen LogP contribution in [-0.4, -0.2) is 8.42 Å². The molecule has 2 aromatic carbocycles. The number of halogens is 2. The lowest BCUT2D eigenvalue weighted by atomic mass is 9.87. The van der Waals surface area contributed by atoms with Crippen molar-refractivity contribution in [1.29, 1.82) is 0 Å². The van der Waals surface area contributed by atoms with Crippen molar-refractivity contribution >= 4 is 33.2 Å². The summed E-state index contributed by atoms with van der Waals surface area (Å²) in [5.41, 5.74) is 2.22. The third-order valence-corrected chi connectivity index (χ3v) is 6.35. The Morgan fingerprint density at radius 1 is 1.04 bits per heavy atom. The van der Waals surface area contributed by atoms with Crippen LogP contribution in [0.2, 0.25) is 10.0 Å². The van der Waals surface area contributed by atoms with Crippen LogP contribution in [-0.2, 0) is 15.4 Å². The van der Waals surface area contributed by atoms with Crippen LogP contribution in [0.15, 0.2) is 41.3 Å². The summed E-state index contributed by atoms with van der Waals surface area (Å²) in [6.45, 7) is 9.71. The zero-order chi connectivity index (χ0) is 19.0. The fourth-order valence-corrected chi connectivity index (χ4v) is 4.63. The number of sulfonamides is 1. The smallest absolute Gasteiger partial charge is 0.207 e. The Bertz CT molecular complexity index is 887. The molecule has 25 heavy (non-hydrogen) atoms. The van der Waals surface area contributed by atoms with E-state index in [1.807, 2.05) is 12.1 Å². The van der Waals surface area contributed by atoms with Crippen molar-refractivity contribution in [3.63, 3.8) is 0 Å². The minimum absolute atomic E-state index is 0.136. The Morgan fingerprint density at radius 2 is 1.68 bits per heavy atom. The molecule has 1 atom stereocenters. The number of hydrogen-bond donors (Lipinski definition) is 1. The molecule has 0 aliphatic rings. The lowest BCUT2D eigenvalue weighted by molar-refractivity contribution is 0.563. The minimum atomic E-state index is -3.69. The highest BCUT2D eigenvalue weighted by Gasteiger charge is 2.24. The number of rotatable bonds is 4. The van der Waals surface area contributed by atoms with E-state index in [9.17, 15) is 8.42 Å². The van der Waals surface area contributed by atoms with E-state index in [2.05, 4.69) is 25.5 Å². The summed E-state index contributed by atoms with van der Waals surface area (Å²) < 4.78 is 28.5. The van der Waals surface area contributed by atoms with E-state index in [0.29, 0.717) is 21.2 Å². The highest BCUT2D eigenvalue weighted by atomic mass is 35.5. The van der Waals surface area contributed by atoms with E-state index in [-0.39, 0.29) is 10.3 Å². The van der Waals surface area contributed by atoms with Gasteiger partial charge in [-0.05, 0) is 54.2 Å². The molecular weight excluding hydrogens is 377 g/mol. The van der Waals surface area contributed by atoms with Crippen LogP contribution in [0.1, 0.15) is 50.4 Å². The van der Waals surface area contributed by atoms with Gasteiger partial charge in [-0.25, -0.2) is 13.1 Å². The molecule has 0 fully saturated rings. The maximum Gasteiger partial charge on any atom is 0.241 e. The van der Waals surface area contributed by atoms with Crippen molar-refractivity contribution in [2.75, 3.05) is 0 Å². The minimum Gasteiger partial charge on any atom is -0.207 e. The Morgan fingerprint density at radius 3 is 2.24 bits per heavy atom. The van der Waals surface area contributed by atoms with Crippen molar-refractivity contribution < 1.29 is 8.42 Å². The van der Waals surface area contributed by atoms with E-state index in [4.69, 9.17) is 23.2 Å². The molecule has 0 saturated carbocycles. The fraction of sp³-hybridized carbons (Fsp3) is 0.368. The van der Waals surface area contributed by atoms with Crippen LogP contribution >= 0.6 is 23.2 Å². The van der Waals surface area contributed by atoms with Crippen molar-refractivity contribution in [2.45, 2.75) is 51.0 Å². The number of aryl methyl sites for hydroxylation is 1. The average Bonchev–Trinajstić information content (AvgIpc) is 2.45. The Balaban J connectivity index is 2.39. The van der Waals surface area contributed by atoms with Crippen LogP contribution in [0, 0.1) is 6.92 Å². The van der Waals surface area contributed by atoms with Crippen LogP contribution < -0.4 is 4.72 Å². The lowest BCUT2D eigenvalue weighted by Gasteiger charge is -2.22. The maximum absolute atomic E-state index is 12.9. The molecule has 0 aromatic heterocycles. The summed E-state index contributed by atoms with van der Waals surface area (Å²) >= 11 is 12.1. The number of nitrogens with one attached hydrogen (secondary N) is 1. The van der Waals surface area contributed by atoms with Gasteiger partial charge in [0.2, 0.25) is 10.0 Å². The van der Waals surface area contributed by atoms with E-state index in [0.717, 1.165) is 5.56 Å². The monoisotopic (exact) mass is 399 g/mol. The lowest BCUT2D eigenvalue weighted by Crippen LogP contribution is -2.28. The van der Waals surface area contributed by atoms with Gasteiger partial charge in [0.1, 0.15) is 0 Å². The fourth-order valence-electron chi connectivity index (χ4n) is 2.57. The highest BCUT2D eigenvalue weighted by Crippen LogP contribution is 2.30. The quantitative estimate of drug-likeness (QED) is 0.722. The molecule has 0 aliphatic heterocycles. The van der Waals surface area contributed by atoms with Gasteiger partial charge in [0, 0.05) is 16.1 Å². The Labute approximate surface area is 160 Å². The Kier molecular flexibility index (Phi) is 5.89. The molecule has 6 heteroatoms. The normalized spacial score (nSPS) is 13.7. The molecule has 0 radical (unpaired) electrons. The standard InChI is InChI=1S/C19H23Cl2NO2S/c1-12-6-7-14(19(3,4)5)10-18(12)25(23,24)22-13(2)16-9-8-15(20)11-17(16)21/h6-11,13,22H,1-5H3/t13-/m0/s1. The molecule has 0 saturated heterocycles. The summed E-state index contributed by atoms with van der Waals surface area (Å²) in [6, 6.07) is 10.1. The largest absolute Gasteiger partial charge is 0.241 e. The summed E-state index contributed by atoms with van der Waals surface area (Å²) in [5, 5.41) is 0.945. The van der Waals surface area contributed by atoms with Crippen molar-refractivity contribution in [2.24, 2.45) is 0 Å². The highest BCUT2D eigenvalue weighted by molar-refractivity contribution is 7.89. The topological polar surface area (TPSA) is 46.2 Å². The van der Waals surface area contributed by atoms with Crippen LogP contribution in [0.25, 0.3) is 0 Å². The SMILES string of the molecule is Cc1ccc(C(C)(C)C)cc1S(=O)(=O)N[C@@H](C)c1ccc(Cl)cc1Cl.